The van der Waals surface area contributed by atoms with Crippen molar-refractivity contribution in [1.82, 2.24) is 19.1 Å². The van der Waals surface area contributed by atoms with Crippen LogP contribution in [0.5, 0.6) is 0 Å². The number of benzene rings is 5. The summed E-state index contributed by atoms with van der Waals surface area (Å²) in [5, 5.41) is 0. The van der Waals surface area contributed by atoms with Gasteiger partial charge in [0.05, 0.1) is 33.7 Å². The van der Waals surface area contributed by atoms with Crippen LogP contribution in [0.25, 0.3) is 56.2 Å². The lowest BCUT2D eigenvalue weighted by Crippen LogP contribution is -1.99. The van der Waals surface area contributed by atoms with E-state index in [1.807, 2.05) is 24.3 Å². The monoisotopic (exact) mass is 461 g/mol. The van der Waals surface area contributed by atoms with Gasteiger partial charge in [0.15, 0.2) is 0 Å². The molecule has 36 heavy (non-hydrogen) atoms. The van der Waals surface area contributed by atoms with Crippen LogP contribution in [0.4, 0.5) is 0 Å². The minimum Gasteiger partial charge on any atom is -0.325 e. The fraction of sp³-hybridized carbons (Fsp3) is 0. The van der Waals surface area contributed by atoms with E-state index in [0.29, 0.717) is 0 Å². The highest BCUT2D eigenvalue weighted by atomic mass is 15.1. The molecule has 0 amide bonds. The first-order valence-electron chi connectivity index (χ1n) is 12.0. The van der Waals surface area contributed by atoms with Gasteiger partial charge in [0.2, 0.25) is 0 Å². The lowest BCUT2D eigenvalue weighted by molar-refractivity contribution is 1.09. The van der Waals surface area contributed by atoms with Gasteiger partial charge in [-0.1, -0.05) is 71.8 Å². The second-order valence-electron chi connectivity index (χ2n) is 8.67. The molecule has 4 heteroatoms. The molecule has 0 aliphatic rings. The Morgan fingerprint density at radius 2 is 0.833 bits per heavy atom. The van der Waals surface area contributed by atoms with Crippen molar-refractivity contribution in [3.05, 3.63) is 133 Å². The molecule has 7 aromatic rings. The Morgan fingerprint density at radius 3 is 1.31 bits per heavy atom. The normalized spacial score (nSPS) is 11.3. The van der Waals surface area contributed by atoms with E-state index in [4.69, 9.17) is 9.97 Å². The Hall–Kier alpha value is -4.96. The van der Waals surface area contributed by atoms with E-state index in [-0.39, 0.29) is 0 Å². The first-order chi connectivity index (χ1) is 17.9. The Balaban J connectivity index is 1.46. The Morgan fingerprint density at radius 1 is 0.417 bits per heavy atom. The highest BCUT2D eigenvalue weighted by molar-refractivity contribution is 5.86. The first-order valence-corrected chi connectivity index (χ1v) is 12.0. The van der Waals surface area contributed by atoms with Crippen LogP contribution in [-0.4, -0.2) is 19.1 Å². The maximum Gasteiger partial charge on any atom is 0.0798 e. The molecule has 0 radical (unpaired) electrons. The van der Waals surface area contributed by atoms with Crippen LogP contribution in [0.3, 0.4) is 0 Å². The number of nitrogens with zero attached hydrogens (tertiary/aromatic N) is 4. The van der Waals surface area contributed by atoms with Gasteiger partial charge in [0.25, 0.3) is 0 Å². The lowest BCUT2D eigenvalue weighted by Gasteiger charge is -2.17. The van der Waals surface area contributed by atoms with Crippen molar-refractivity contribution in [2.45, 2.75) is 0 Å². The predicted octanol–water partition coefficient (Wildman–Crippen LogP) is 7.50. The van der Waals surface area contributed by atoms with Gasteiger partial charge in [0, 0.05) is 11.4 Å². The molecule has 5 aromatic carbocycles. The first kappa shape index (κ1) is 20.4. The summed E-state index contributed by atoms with van der Waals surface area (Å²) in [4.78, 5) is 10.0. The molecular formula is C32H21N4-. The molecule has 0 saturated carbocycles. The fourth-order valence-electron chi connectivity index (χ4n) is 4.82. The van der Waals surface area contributed by atoms with Crippen LogP contribution in [0.15, 0.2) is 127 Å². The molecule has 0 aliphatic carbocycles. The van der Waals surface area contributed by atoms with Gasteiger partial charge in [-0.15, -0.1) is 24.3 Å². The quantitative estimate of drug-likeness (QED) is 0.254. The topological polar surface area (TPSA) is 35.6 Å². The number of fused-ring (bicyclic) bond motifs is 2. The summed E-state index contributed by atoms with van der Waals surface area (Å²) in [6.07, 6.45) is 0. The lowest BCUT2D eigenvalue weighted by atomic mass is 10.1. The Kier molecular flexibility index (Phi) is 4.74. The van der Waals surface area contributed by atoms with Crippen LogP contribution in [0, 0.1) is 6.07 Å². The fourth-order valence-corrected chi connectivity index (χ4v) is 4.82. The molecule has 0 atom stereocenters. The summed E-state index contributed by atoms with van der Waals surface area (Å²) < 4.78 is 4.40. The molecule has 7 rings (SSSR count). The number of aromatic nitrogens is 4. The molecule has 2 aromatic heterocycles. The summed E-state index contributed by atoms with van der Waals surface area (Å²) in [7, 11) is 0. The Bertz CT molecular complexity index is 1700. The third-order valence-corrected chi connectivity index (χ3v) is 6.43. The average Bonchev–Trinajstić information content (AvgIpc) is 3.53. The second kappa shape index (κ2) is 8.36. The number of rotatable bonds is 4. The molecule has 0 saturated heterocycles. The molecule has 0 N–H and O–H groups in total. The van der Waals surface area contributed by atoms with Crippen molar-refractivity contribution in [3.63, 3.8) is 0 Å². The molecule has 0 spiro atoms. The van der Waals surface area contributed by atoms with Crippen LogP contribution in [0.1, 0.15) is 0 Å². The van der Waals surface area contributed by atoms with Gasteiger partial charge in [0.1, 0.15) is 0 Å². The van der Waals surface area contributed by atoms with Gasteiger partial charge < -0.3 is 9.13 Å². The van der Waals surface area contributed by atoms with E-state index < -0.39 is 0 Å². The summed E-state index contributed by atoms with van der Waals surface area (Å²) >= 11 is 0. The summed E-state index contributed by atoms with van der Waals surface area (Å²) in [6.45, 7) is 0. The molecule has 0 fully saturated rings. The minimum absolute atomic E-state index is 0.853. The van der Waals surface area contributed by atoms with Crippen LogP contribution in [-0.2, 0) is 0 Å². The van der Waals surface area contributed by atoms with Crippen molar-refractivity contribution >= 4 is 22.1 Å². The van der Waals surface area contributed by atoms with Crippen LogP contribution in [0.2, 0.25) is 0 Å². The van der Waals surface area contributed by atoms with E-state index in [1.54, 1.807) is 0 Å². The smallest absolute Gasteiger partial charge is 0.0798 e. The van der Waals surface area contributed by atoms with Gasteiger partial charge in [-0.25, -0.2) is 0 Å². The zero-order valence-corrected chi connectivity index (χ0v) is 19.4. The number of hydrogen-bond acceptors (Lipinski definition) is 2. The van der Waals surface area contributed by atoms with Gasteiger partial charge >= 0.3 is 0 Å². The predicted molar refractivity (Wildman–Crippen MR) is 145 cm³/mol. The van der Waals surface area contributed by atoms with Crippen molar-refractivity contribution < 1.29 is 0 Å². The van der Waals surface area contributed by atoms with Crippen molar-refractivity contribution in [2.24, 2.45) is 0 Å². The number of hydrogen-bond donors (Lipinski definition) is 0. The molecular weight excluding hydrogens is 440 g/mol. The van der Waals surface area contributed by atoms with Crippen molar-refractivity contribution in [3.8, 4) is 34.2 Å². The maximum absolute atomic E-state index is 5.02. The number of imidazole rings is 2. The van der Waals surface area contributed by atoms with Crippen molar-refractivity contribution in [2.75, 3.05) is 0 Å². The summed E-state index contributed by atoms with van der Waals surface area (Å²) in [6, 6.07) is 47.0. The molecule has 4 nitrogen and oxygen atoms in total. The second-order valence-corrected chi connectivity index (χ2v) is 8.67. The zero-order valence-electron chi connectivity index (χ0n) is 19.4. The largest absolute Gasteiger partial charge is 0.325 e. The summed E-state index contributed by atoms with van der Waals surface area (Å²) in [5.74, 6) is 1.71. The molecule has 0 unspecified atom stereocenters. The number of para-hydroxylation sites is 6. The van der Waals surface area contributed by atoms with E-state index in [9.17, 15) is 0 Å². The summed E-state index contributed by atoms with van der Waals surface area (Å²) in [5.41, 5.74) is 7.99. The van der Waals surface area contributed by atoms with E-state index in [2.05, 4.69) is 118 Å². The van der Waals surface area contributed by atoms with E-state index in [0.717, 1.165) is 56.2 Å². The van der Waals surface area contributed by atoms with Crippen LogP contribution < -0.4 is 0 Å². The van der Waals surface area contributed by atoms with Gasteiger partial charge in [-0.3, -0.25) is 9.97 Å². The molecule has 2 heterocycles. The standard InChI is InChI=1S/C32H21N4/c1-3-14-25(15-4-1)35-29-20-9-7-18-27(29)33-31(35)23-12-11-13-24(22-23)32-34-28-19-8-10-21-30(28)36(32)26-16-5-2-6-17-26/h1-21H/q-1. The minimum atomic E-state index is 0.853. The molecule has 0 bridgehead atoms. The highest BCUT2D eigenvalue weighted by Gasteiger charge is 2.13. The SMILES string of the molecule is [c-]1c(-c2nc3ccccc3n2-c2ccccc2)cccc1-c1nc2ccccc2n1-c1ccccc1. The maximum atomic E-state index is 5.02. The van der Waals surface area contributed by atoms with Crippen molar-refractivity contribution in [1.29, 1.82) is 0 Å². The average molecular weight is 462 g/mol. The molecule has 0 aliphatic heterocycles. The van der Waals surface area contributed by atoms with E-state index >= 15 is 0 Å². The Labute approximate surface area is 208 Å². The third-order valence-electron chi connectivity index (χ3n) is 6.43. The highest BCUT2D eigenvalue weighted by Crippen LogP contribution is 2.33. The zero-order chi connectivity index (χ0) is 23.9. The van der Waals surface area contributed by atoms with Gasteiger partial charge in [-0.05, 0) is 48.5 Å². The molecule has 170 valence electrons. The van der Waals surface area contributed by atoms with Gasteiger partial charge in [-0.2, -0.15) is 0 Å². The van der Waals surface area contributed by atoms with E-state index in [1.165, 1.54) is 0 Å². The van der Waals surface area contributed by atoms with Crippen LogP contribution >= 0.6 is 0 Å². The third kappa shape index (κ3) is 3.31.